The molecule has 7 heteroatoms. The van der Waals surface area contributed by atoms with Crippen molar-refractivity contribution in [3.63, 3.8) is 0 Å². The molecule has 2 aromatic rings. The zero-order chi connectivity index (χ0) is 18.9. The highest BCUT2D eigenvalue weighted by Gasteiger charge is 2.56. The number of hydrogen-bond donors (Lipinski definition) is 2. The van der Waals surface area contributed by atoms with Crippen molar-refractivity contribution >= 4 is 28.9 Å². The van der Waals surface area contributed by atoms with Crippen LogP contribution >= 0.6 is 0 Å². The van der Waals surface area contributed by atoms with Crippen LogP contribution in [0.1, 0.15) is 12.8 Å². The fraction of sp³-hybridized carbons (Fsp3) is 0.263. The summed E-state index contributed by atoms with van der Waals surface area (Å²) in [5.41, 5.74) is -0.310. The monoisotopic (exact) mass is 359 g/mol. The van der Waals surface area contributed by atoms with Crippen LogP contribution in [-0.4, -0.2) is 25.9 Å². The maximum atomic E-state index is 13.7. The van der Waals surface area contributed by atoms with E-state index in [1.165, 1.54) is 6.07 Å². The largest absolute Gasteiger partial charge is 0.378 e. The molecule has 136 valence electrons. The molecule has 0 bridgehead atoms. The van der Waals surface area contributed by atoms with Gasteiger partial charge in [0.25, 0.3) is 0 Å². The lowest BCUT2D eigenvalue weighted by molar-refractivity contribution is -0.131. The minimum absolute atomic E-state index is 0.330. The topological polar surface area (TPSA) is 61.4 Å². The minimum Gasteiger partial charge on any atom is -0.378 e. The van der Waals surface area contributed by atoms with E-state index < -0.39 is 34.6 Å². The van der Waals surface area contributed by atoms with Gasteiger partial charge < -0.3 is 15.5 Å². The average Bonchev–Trinajstić information content (AvgIpc) is 3.40. The second-order valence-electron chi connectivity index (χ2n) is 6.53. The van der Waals surface area contributed by atoms with E-state index in [0.29, 0.717) is 18.5 Å². The van der Waals surface area contributed by atoms with Crippen molar-refractivity contribution in [1.82, 2.24) is 0 Å². The van der Waals surface area contributed by atoms with Crippen LogP contribution in [0.4, 0.5) is 25.8 Å². The van der Waals surface area contributed by atoms with Gasteiger partial charge in [-0.15, -0.1) is 0 Å². The van der Waals surface area contributed by atoms with Crippen LogP contribution in [0, 0.1) is 17.0 Å². The first kappa shape index (κ1) is 17.8. The first-order valence-electron chi connectivity index (χ1n) is 8.18. The van der Waals surface area contributed by atoms with E-state index >= 15 is 0 Å². The van der Waals surface area contributed by atoms with E-state index in [4.69, 9.17) is 0 Å². The van der Waals surface area contributed by atoms with Crippen LogP contribution < -0.4 is 15.5 Å². The molecule has 1 saturated carbocycles. The van der Waals surface area contributed by atoms with Crippen molar-refractivity contribution in [2.24, 2.45) is 5.41 Å². The number of amides is 2. The van der Waals surface area contributed by atoms with Crippen molar-refractivity contribution in [2.45, 2.75) is 12.8 Å². The molecule has 26 heavy (non-hydrogen) atoms. The van der Waals surface area contributed by atoms with Crippen molar-refractivity contribution in [3.05, 3.63) is 54.1 Å². The SMILES string of the molecule is CN(C)c1ccc(NC(=O)C2(C(=O)Nc3c(F)cccc3F)CC2)cc1. The van der Waals surface area contributed by atoms with Gasteiger partial charge >= 0.3 is 0 Å². The molecule has 1 fully saturated rings. The van der Waals surface area contributed by atoms with E-state index in [2.05, 4.69) is 10.6 Å². The van der Waals surface area contributed by atoms with Crippen LogP contribution in [0.2, 0.25) is 0 Å². The normalized spacial score (nSPS) is 14.5. The van der Waals surface area contributed by atoms with Gasteiger partial charge in [-0.2, -0.15) is 0 Å². The molecule has 0 spiro atoms. The summed E-state index contributed by atoms with van der Waals surface area (Å²) in [5, 5.41) is 4.92. The molecule has 0 atom stereocenters. The maximum Gasteiger partial charge on any atom is 0.240 e. The number of nitrogens with one attached hydrogen (secondary N) is 2. The third-order valence-electron chi connectivity index (χ3n) is 4.46. The van der Waals surface area contributed by atoms with E-state index in [1.807, 2.05) is 31.1 Å². The number of carbonyl (C=O) groups excluding carboxylic acids is 2. The number of rotatable bonds is 5. The Balaban J connectivity index is 1.71. The van der Waals surface area contributed by atoms with Crippen LogP contribution in [0.15, 0.2) is 42.5 Å². The van der Waals surface area contributed by atoms with Gasteiger partial charge in [-0.05, 0) is 49.2 Å². The first-order chi connectivity index (χ1) is 12.3. The number of carbonyl (C=O) groups is 2. The number of hydrogen-bond acceptors (Lipinski definition) is 3. The molecule has 0 aromatic heterocycles. The summed E-state index contributed by atoms with van der Waals surface area (Å²) >= 11 is 0. The summed E-state index contributed by atoms with van der Waals surface area (Å²) in [5.74, 6) is -2.95. The highest BCUT2D eigenvalue weighted by atomic mass is 19.1. The van der Waals surface area contributed by atoms with Crippen LogP contribution in [0.5, 0.6) is 0 Å². The number of anilines is 3. The Morgan fingerprint density at radius 2 is 1.46 bits per heavy atom. The summed E-state index contributed by atoms with van der Waals surface area (Å²) in [7, 11) is 3.80. The zero-order valence-corrected chi connectivity index (χ0v) is 14.5. The Bertz CT molecular complexity index is 826. The molecule has 2 amide bonds. The molecule has 2 N–H and O–H groups in total. The van der Waals surface area contributed by atoms with Gasteiger partial charge in [0, 0.05) is 25.5 Å². The van der Waals surface area contributed by atoms with Crippen molar-refractivity contribution in [3.8, 4) is 0 Å². The predicted molar refractivity (Wildman–Crippen MR) is 96.1 cm³/mol. The predicted octanol–water partition coefficient (Wildman–Crippen LogP) is 3.39. The van der Waals surface area contributed by atoms with Crippen molar-refractivity contribution in [2.75, 3.05) is 29.6 Å². The third kappa shape index (κ3) is 3.37. The fourth-order valence-corrected chi connectivity index (χ4v) is 2.63. The molecule has 0 heterocycles. The molecule has 5 nitrogen and oxygen atoms in total. The Morgan fingerprint density at radius 1 is 0.923 bits per heavy atom. The second-order valence-corrected chi connectivity index (χ2v) is 6.53. The minimum atomic E-state index is -1.30. The third-order valence-corrected chi connectivity index (χ3v) is 4.46. The fourth-order valence-electron chi connectivity index (χ4n) is 2.63. The van der Waals surface area contributed by atoms with Gasteiger partial charge in [0.05, 0.1) is 0 Å². The van der Waals surface area contributed by atoms with Gasteiger partial charge in [-0.25, -0.2) is 8.78 Å². The molecule has 1 aliphatic carbocycles. The molecule has 3 rings (SSSR count). The van der Waals surface area contributed by atoms with E-state index in [1.54, 1.807) is 12.1 Å². The Morgan fingerprint density at radius 3 is 1.96 bits per heavy atom. The van der Waals surface area contributed by atoms with E-state index in [-0.39, 0.29) is 0 Å². The second kappa shape index (κ2) is 6.74. The summed E-state index contributed by atoms with van der Waals surface area (Å²) in [6.07, 6.45) is 0.660. The van der Waals surface area contributed by atoms with Crippen LogP contribution in [0.3, 0.4) is 0 Å². The van der Waals surface area contributed by atoms with Gasteiger partial charge in [0.2, 0.25) is 11.8 Å². The summed E-state index contributed by atoms with van der Waals surface area (Å²) in [4.78, 5) is 26.9. The van der Waals surface area contributed by atoms with Gasteiger partial charge in [0.15, 0.2) is 0 Å². The number of benzene rings is 2. The summed E-state index contributed by atoms with van der Waals surface area (Å²) in [6.45, 7) is 0. The van der Waals surface area contributed by atoms with E-state index in [9.17, 15) is 18.4 Å². The van der Waals surface area contributed by atoms with Crippen LogP contribution in [0.25, 0.3) is 0 Å². The van der Waals surface area contributed by atoms with E-state index in [0.717, 1.165) is 17.8 Å². The lowest BCUT2D eigenvalue weighted by Gasteiger charge is -2.17. The quantitative estimate of drug-likeness (QED) is 0.805. The number of para-hydroxylation sites is 1. The van der Waals surface area contributed by atoms with Gasteiger partial charge in [-0.3, -0.25) is 9.59 Å². The number of halogens is 2. The smallest absolute Gasteiger partial charge is 0.240 e. The van der Waals surface area contributed by atoms with Gasteiger partial charge in [0.1, 0.15) is 22.7 Å². The Kier molecular flexibility index (Phi) is 4.63. The molecule has 2 aromatic carbocycles. The lowest BCUT2D eigenvalue weighted by Crippen LogP contribution is -2.36. The first-order valence-corrected chi connectivity index (χ1v) is 8.18. The summed E-state index contributed by atoms with van der Waals surface area (Å²) in [6, 6.07) is 10.4. The molecule has 0 saturated heterocycles. The Hall–Kier alpha value is -2.96. The van der Waals surface area contributed by atoms with Crippen LogP contribution in [-0.2, 0) is 9.59 Å². The average molecular weight is 359 g/mol. The molecule has 0 radical (unpaired) electrons. The molecule has 0 aliphatic heterocycles. The number of nitrogens with zero attached hydrogens (tertiary/aromatic N) is 1. The zero-order valence-electron chi connectivity index (χ0n) is 14.5. The highest BCUT2D eigenvalue weighted by molar-refractivity contribution is 6.17. The molecular formula is C19H19F2N3O2. The van der Waals surface area contributed by atoms with Crippen molar-refractivity contribution < 1.29 is 18.4 Å². The molecular weight excluding hydrogens is 340 g/mol. The maximum absolute atomic E-state index is 13.7. The molecule has 1 aliphatic rings. The lowest BCUT2D eigenvalue weighted by atomic mass is 10.0. The van der Waals surface area contributed by atoms with Crippen molar-refractivity contribution in [1.29, 1.82) is 0 Å². The highest BCUT2D eigenvalue weighted by Crippen LogP contribution is 2.47. The van der Waals surface area contributed by atoms with Gasteiger partial charge in [-0.1, -0.05) is 6.07 Å². The molecule has 0 unspecified atom stereocenters. The Labute approximate surface area is 150 Å². The standard InChI is InChI=1S/C19H19F2N3O2/c1-24(2)13-8-6-12(7-9-13)22-17(25)19(10-11-19)18(26)23-16-14(20)4-3-5-15(16)21/h3-9H,10-11H2,1-2H3,(H,22,25)(H,23,26). The summed E-state index contributed by atoms with van der Waals surface area (Å²) < 4.78 is 27.4.